The molecule has 2 heterocycles. The van der Waals surface area contributed by atoms with Gasteiger partial charge in [-0.3, -0.25) is 4.79 Å². The largest absolute Gasteiger partial charge is 0.494 e. The number of rotatable bonds is 7. The molecule has 32 heavy (non-hydrogen) atoms. The third-order valence-corrected chi connectivity index (χ3v) is 4.95. The summed E-state index contributed by atoms with van der Waals surface area (Å²) in [6, 6.07) is 17.4. The van der Waals surface area contributed by atoms with E-state index in [1.807, 2.05) is 25.1 Å². The molecule has 0 saturated heterocycles. The molecule has 2 aromatic heterocycles. The van der Waals surface area contributed by atoms with Crippen molar-refractivity contribution < 1.29 is 18.3 Å². The first-order chi connectivity index (χ1) is 15.5. The second-order valence-corrected chi connectivity index (χ2v) is 7.21. The number of hydrogen-bond acceptors (Lipinski definition) is 4. The Bertz CT molecular complexity index is 1240. The van der Waals surface area contributed by atoms with E-state index in [9.17, 15) is 13.6 Å². The minimum Gasteiger partial charge on any atom is -0.494 e. The van der Waals surface area contributed by atoms with Crippen molar-refractivity contribution in [1.29, 1.82) is 0 Å². The molecule has 0 aliphatic carbocycles. The van der Waals surface area contributed by atoms with E-state index in [-0.39, 0.29) is 29.0 Å². The molecule has 6 nitrogen and oxygen atoms in total. The van der Waals surface area contributed by atoms with Crippen molar-refractivity contribution in [2.75, 3.05) is 11.9 Å². The molecule has 0 aliphatic heterocycles. The molecule has 1 amide bonds. The molecule has 0 fully saturated rings. The van der Waals surface area contributed by atoms with Crippen LogP contribution in [0.3, 0.4) is 0 Å². The van der Waals surface area contributed by atoms with Crippen molar-refractivity contribution in [3.05, 3.63) is 71.9 Å². The maximum atomic E-state index is 13.9. The van der Waals surface area contributed by atoms with Gasteiger partial charge in [0.2, 0.25) is 5.91 Å². The molecular formula is C24H22F2N4O2. The summed E-state index contributed by atoms with van der Waals surface area (Å²) in [5.41, 5.74) is 2.21. The highest BCUT2D eigenvalue weighted by Gasteiger charge is 2.22. The number of amides is 1. The summed E-state index contributed by atoms with van der Waals surface area (Å²) in [5, 5.41) is 7.39. The zero-order chi connectivity index (χ0) is 22.7. The van der Waals surface area contributed by atoms with Gasteiger partial charge in [-0.05, 0) is 44.2 Å². The van der Waals surface area contributed by atoms with Gasteiger partial charge in [-0.2, -0.15) is 5.10 Å². The zero-order valence-electron chi connectivity index (χ0n) is 17.7. The van der Waals surface area contributed by atoms with Crippen LogP contribution in [0.5, 0.6) is 5.75 Å². The Morgan fingerprint density at radius 1 is 1.12 bits per heavy atom. The SMILES string of the molecule is CCOc1ccc(NC(=O)Cn2nc(C)c3c(C(F)F)cc(-c4ccccc4)nc32)cc1. The molecule has 0 spiro atoms. The predicted molar refractivity (Wildman–Crippen MR) is 119 cm³/mol. The number of carbonyl (C=O) groups is 1. The van der Waals surface area contributed by atoms with Gasteiger partial charge in [0, 0.05) is 16.8 Å². The summed E-state index contributed by atoms with van der Waals surface area (Å²) in [6.07, 6.45) is -2.70. The fraction of sp³-hybridized carbons (Fsp3) is 0.208. The van der Waals surface area contributed by atoms with Crippen LogP contribution in [0.4, 0.5) is 14.5 Å². The molecule has 0 aliphatic rings. The van der Waals surface area contributed by atoms with Gasteiger partial charge in [-0.15, -0.1) is 0 Å². The second-order valence-electron chi connectivity index (χ2n) is 7.21. The summed E-state index contributed by atoms with van der Waals surface area (Å²) < 4.78 is 34.5. The van der Waals surface area contributed by atoms with Crippen molar-refractivity contribution in [3.8, 4) is 17.0 Å². The lowest BCUT2D eigenvalue weighted by Gasteiger charge is -2.10. The molecule has 0 radical (unpaired) electrons. The topological polar surface area (TPSA) is 69.0 Å². The van der Waals surface area contributed by atoms with Crippen LogP contribution in [0.15, 0.2) is 60.7 Å². The molecule has 0 unspecified atom stereocenters. The van der Waals surface area contributed by atoms with E-state index in [2.05, 4.69) is 15.4 Å². The highest BCUT2D eigenvalue weighted by Crippen LogP contribution is 2.33. The fourth-order valence-corrected chi connectivity index (χ4v) is 3.56. The number of nitrogens with one attached hydrogen (secondary N) is 1. The van der Waals surface area contributed by atoms with Gasteiger partial charge in [0.05, 0.1) is 23.4 Å². The fourth-order valence-electron chi connectivity index (χ4n) is 3.56. The lowest BCUT2D eigenvalue weighted by molar-refractivity contribution is -0.116. The third kappa shape index (κ3) is 4.44. The number of nitrogens with zero attached hydrogens (tertiary/aromatic N) is 3. The summed E-state index contributed by atoms with van der Waals surface area (Å²) in [7, 11) is 0. The third-order valence-electron chi connectivity index (χ3n) is 4.95. The Morgan fingerprint density at radius 2 is 1.84 bits per heavy atom. The van der Waals surface area contributed by atoms with E-state index < -0.39 is 6.43 Å². The average molecular weight is 436 g/mol. The van der Waals surface area contributed by atoms with Crippen LogP contribution in [0.1, 0.15) is 24.6 Å². The highest BCUT2D eigenvalue weighted by atomic mass is 19.3. The number of ether oxygens (including phenoxy) is 1. The van der Waals surface area contributed by atoms with Crippen LogP contribution in [-0.4, -0.2) is 27.3 Å². The molecule has 1 N–H and O–H groups in total. The van der Waals surface area contributed by atoms with Crippen molar-refractivity contribution in [2.24, 2.45) is 0 Å². The van der Waals surface area contributed by atoms with Gasteiger partial charge in [0.15, 0.2) is 5.65 Å². The monoisotopic (exact) mass is 436 g/mol. The lowest BCUT2D eigenvalue weighted by Crippen LogP contribution is -2.19. The molecule has 164 valence electrons. The zero-order valence-corrected chi connectivity index (χ0v) is 17.7. The van der Waals surface area contributed by atoms with E-state index in [0.29, 0.717) is 35.0 Å². The molecule has 0 atom stereocenters. The second kappa shape index (κ2) is 9.13. The van der Waals surface area contributed by atoms with Gasteiger partial charge in [-0.1, -0.05) is 30.3 Å². The number of anilines is 1. The Balaban J connectivity index is 1.66. The van der Waals surface area contributed by atoms with E-state index >= 15 is 0 Å². The van der Waals surface area contributed by atoms with Crippen LogP contribution in [0.2, 0.25) is 0 Å². The average Bonchev–Trinajstić information content (AvgIpc) is 3.10. The number of carbonyl (C=O) groups excluding carboxylic acids is 1. The Labute approximate surface area is 183 Å². The molecule has 0 saturated carbocycles. The Morgan fingerprint density at radius 3 is 2.50 bits per heavy atom. The molecule has 2 aromatic carbocycles. The van der Waals surface area contributed by atoms with Crippen molar-refractivity contribution in [2.45, 2.75) is 26.8 Å². The number of fused-ring (bicyclic) bond motifs is 1. The molecule has 4 aromatic rings. The maximum absolute atomic E-state index is 13.9. The van der Waals surface area contributed by atoms with Gasteiger partial charge in [0.1, 0.15) is 12.3 Å². The van der Waals surface area contributed by atoms with E-state index in [0.717, 1.165) is 0 Å². The van der Waals surface area contributed by atoms with Crippen molar-refractivity contribution >= 4 is 22.6 Å². The summed E-state index contributed by atoms with van der Waals surface area (Å²) in [6.45, 7) is 3.92. The number of benzene rings is 2. The standard InChI is InChI=1S/C24H22F2N4O2/c1-3-32-18-11-9-17(10-12-18)27-21(31)14-30-24-22(15(2)29-30)19(23(25)26)13-20(28-24)16-7-5-4-6-8-16/h4-13,23H,3,14H2,1-2H3,(H,27,31). The van der Waals surface area contributed by atoms with E-state index in [1.54, 1.807) is 43.3 Å². The number of alkyl halides is 2. The number of halogens is 2. The Hall–Kier alpha value is -3.81. The van der Waals surface area contributed by atoms with Gasteiger partial charge in [-0.25, -0.2) is 18.4 Å². The number of aromatic nitrogens is 3. The minimum absolute atomic E-state index is 0.149. The molecule has 0 bridgehead atoms. The molecule has 4 rings (SSSR count). The van der Waals surface area contributed by atoms with Crippen LogP contribution in [-0.2, 0) is 11.3 Å². The van der Waals surface area contributed by atoms with Crippen molar-refractivity contribution in [3.63, 3.8) is 0 Å². The quantitative estimate of drug-likeness (QED) is 0.422. The number of aryl methyl sites for hydroxylation is 1. The van der Waals surface area contributed by atoms with E-state index in [4.69, 9.17) is 4.74 Å². The molecular weight excluding hydrogens is 414 g/mol. The first-order valence-electron chi connectivity index (χ1n) is 10.2. The number of pyridine rings is 1. The first kappa shape index (κ1) is 21.4. The highest BCUT2D eigenvalue weighted by molar-refractivity contribution is 5.92. The van der Waals surface area contributed by atoms with Gasteiger partial charge < -0.3 is 10.1 Å². The van der Waals surface area contributed by atoms with Crippen LogP contribution in [0.25, 0.3) is 22.3 Å². The molecule has 8 heteroatoms. The normalized spacial score (nSPS) is 11.2. The van der Waals surface area contributed by atoms with E-state index in [1.165, 1.54) is 10.7 Å². The van der Waals surface area contributed by atoms with Crippen LogP contribution < -0.4 is 10.1 Å². The summed E-state index contributed by atoms with van der Waals surface area (Å²) >= 11 is 0. The van der Waals surface area contributed by atoms with Crippen molar-refractivity contribution in [1.82, 2.24) is 14.8 Å². The predicted octanol–water partition coefficient (Wildman–Crippen LogP) is 5.38. The maximum Gasteiger partial charge on any atom is 0.264 e. The van der Waals surface area contributed by atoms with Crippen LogP contribution >= 0.6 is 0 Å². The van der Waals surface area contributed by atoms with Crippen LogP contribution in [0, 0.1) is 6.92 Å². The minimum atomic E-state index is -2.70. The van der Waals surface area contributed by atoms with Gasteiger partial charge >= 0.3 is 0 Å². The van der Waals surface area contributed by atoms with Gasteiger partial charge in [0.25, 0.3) is 6.43 Å². The lowest BCUT2D eigenvalue weighted by atomic mass is 10.1. The Kier molecular flexibility index (Phi) is 6.11. The summed E-state index contributed by atoms with van der Waals surface area (Å²) in [5.74, 6) is 0.362. The smallest absolute Gasteiger partial charge is 0.264 e. The first-order valence-corrected chi connectivity index (χ1v) is 10.2. The number of hydrogen-bond donors (Lipinski definition) is 1. The summed E-state index contributed by atoms with van der Waals surface area (Å²) in [4.78, 5) is 17.2.